The lowest BCUT2D eigenvalue weighted by atomic mass is 10.1. The minimum absolute atomic E-state index is 0.442. The van der Waals surface area contributed by atoms with Crippen molar-refractivity contribution in [1.29, 1.82) is 0 Å². The number of hydrogen-bond acceptors (Lipinski definition) is 4. The summed E-state index contributed by atoms with van der Waals surface area (Å²) in [5, 5.41) is 7.27. The number of rotatable bonds is 1. The van der Waals surface area contributed by atoms with E-state index in [0.717, 1.165) is 56.1 Å². The van der Waals surface area contributed by atoms with Gasteiger partial charge in [-0.3, -0.25) is 0 Å². The molecule has 0 aliphatic carbocycles. The summed E-state index contributed by atoms with van der Waals surface area (Å²) in [5.74, 6) is 1.37. The second-order valence-electron chi connectivity index (χ2n) is 4.41. The largest absolute Gasteiger partial charge is 0.316 e. The number of hydrogen-bond donors (Lipinski definition) is 2. The molecule has 5 heteroatoms. The fourth-order valence-electron chi connectivity index (χ4n) is 2.38. The molecule has 1 aromatic heterocycles. The molecule has 1 aromatic rings. The van der Waals surface area contributed by atoms with Gasteiger partial charge >= 0.3 is 0 Å². The Hall–Kier alpha value is -0.710. The Bertz CT molecular complexity index is 401. The van der Waals surface area contributed by atoms with E-state index in [9.17, 15) is 0 Å². The van der Waals surface area contributed by atoms with Gasteiger partial charge in [-0.25, -0.2) is 9.97 Å². The zero-order valence-electron chi connectivity index (χ0n) is 9.09. The number of aromatic nitrogens is 2. The Labute approximate surface area is 99.8 Å². The monoisotopic (exact) mass is 238 g/mol. The van der Waals surface area contributed by atoms with E-state index in [1.807, 2.05) is 0 Å². The van der Waals surface area contributed by atoms with Crippen molar-refractivity contribution in [3.8, 4) is 0 Å². The number of nitrogens with zero attached hydrogens (tertiary/aromatic N) is 2. The lowest BCUT2D eigenvalue weighted by Gasteiger charge is -2.19. The normalized spacial score (nSPS) is 24.4. The van der Waals surface area contributed by atoms with E-state index in [-0.39, 0.29) is 0 Å². The third kappa shape index (κ3) is 1.81. The van der Waals surface area contributed by atoms with E-state index in [4.69, 9.17) is 11.6 Å². The summed E-state index contributed by atoms with van der Waals surface area (Å²) in [4.78, 5) is 9.12. The van der Waals surface area contributed by atoms with Crippen LogP contribution in [0.3, 0.4) is 0 Å². The minimum atomic E-state index is 0.442. The zero-order valence-corrected chi connectivity index (χ0v) is 9.85. The number of halogens is 1. The van der Waals surface area contributed by atoms with Crippen LogP contribution in [-0.2, 0) is 13.0 Å². The van der Waals surface area contributed by atoms with Crippen molar-refractivity contribution in [2.75, 3.05) is 19.6 Å². The van der Waals surface area contributed by atoms with Gasteiger partial charge in [-0.2, -0.15) is 0 Å². The summed E-state index contributed by atoms with van der Waals surface area (Å²) < 4.78 is 0. The van der Waals surface area contributed by atoms with Crippen LogP contribution in [0.4, 0.5) is 0 Å². The van der Waals surface area contributed by atoms with Crippen molar-refractivity contribution in [1.82, 2.24) is 20.6 Å². The van der Waals surface area contributed by atoms with Crippen LogP contribution < -0.4 is 10.6 Å². The van der Waals surface area contributed by atoms with Crippen molar-refractivity contribution in [3.63, 3.8) is 0 Å². The molecule has 16 heavy (non-hydrogen) atoms. The van der Waals surface area contributed by atoms with Crippen molar-refractivity contribution < 1.29 is 0 Å². The van der Waals surface area contributed by atoms with Crippen LogP contribution in [-0.4, -0.2) is 29.6 Å². The van der Waals surface area contributed by atoms with Crippen molar-refractivity contribution >= 4 is 11.6 Å². The molecule has 0 saturated carbocycles. The van der Waals surface area contributed by atoms with Crippen molar-refractivity contribution in [2.24, 2.45) is 0 Å². The highest BCUT2D eigenvalue weighted by Crippen LogP contribution is 2.25. The van der Waals surface area contributed by atoms with E-state index in [1.54, 1.807) is 0 Å². The highest BCUT2D eigenvalue weighted by molar-refractivity contribution is 6.30. The Morgan fingerprint density at radius 2 is 2.12 bits per heavy atom. The molecule has 4 nitrogen and oxygen atoms in total. The van der Waals surface area contributed by atoms with Crippen LogP contribution in [0.2, 0.25) is 5.15 Å². The molecule has 0 radical (unpaired) electrons. The van der Waals surface area contributed by atoms with Crippen LogP contribution in [0.5, 0.6) is 0 Å². The first kappa shape index (κ1) is 10.4. The quantitative estimate of drug-likeness (QED) is 0.713. The predicted octanol–water partition coefficient (Wildman–Crippen LogP) is 0.853. The maximum atomic E-state index is 6.21. The molecule has 2 aliphatic rings. The molecule has 86 valence electrons. The Kier molecular flexibility index (Phi) is 2.79. The first-order chi connectivity index (χ1) is 7.84. The van der Waals surface area contributed by atoms with Gasteiger partial charge in [0.15, 0.2) is 0 Å². The summed E-state index contributed by atoms with van der Waals surface area (Å²) in [7, 11) is 0. The molecule has 0 bridgehead atoms. The Morgan fingerprint density at radius 3 is 2.94 bits per heavy atom. The standard InChI is InChI=1S/C11H15ClN4/c12-10-8-6-14-4-2-9(8)15-11(16-10)7-1-3-13-5-7/h7,13-14H,1-6H2. The van der Waals surface area contributed by atoms with Crippen LogP contribution >= 0.6 is 11.6 Å². The predicted molar refractivity (Wildman–Crippen MR) is 62.7 cm³/mol. The average molecular weight is 239 g/mol. The third-order valence-electron chi connectivity index (χ3n) is 3.33. The molecule has 1 atom stereocenters. The summed E-state index contributed by atoms with van der Waals surface area (Å²) in [5.41, 5.74) is 2.23. The Morgan fingerprint density at radius 1 is 1.19 bits per heavy atom. The molecule has 3 heterocycles. The van der Waals surface area contributed by atoms with Gasteiger partial charge in [-0.15, -0.1) is 0 Å². The van der Waals surface area contributed by atoms with E-state index >= 15 is 0 Å². The molecular weight excluding hydrogens is 224 g/mol. The van der Waals surface area contributed by atoms with Crippen molar-refractivity contribution in [3.05, 3.63) is 22.2 Å². The molecule has 0 spiro atoms. The highest BCUT2D eigenvalue weighted by Gasteiger charge is 2.23. The van der Waals surface area contributed by atoms with Crippen LogP contribution in [0.25, 0.3) is 0 Å². The van der Waals surface area contributed by atoms with Gasteiger partial charge in [0, 0.05) is 37.5 Å². The molecular formula is C11H15ClN4. The maximum Gasteiger partial charge on any atom is 0.137 e. The fraction of sp³-hybridized carbons (Fsp3) is 0.636. The smallest absolute Gasteiger partial charge is 0.137 e. The van der Waals surface area contributed by atoms with E-state index in [2.05, 4.69) is 20.6 Å². The van der Waals surface area contributed by atoms with Gasteiger partial charge < -0.3 is 10.6 Å². The molecule has 1 unspecified atom stereocenters. The summed E-state index contributed by atoms with van der Waals surface area (Å²) in [6.45, 7) is 3.83. The van der Waals surface area contributed by atoms with Gasteiger partial charge in [-0.05, 0) is 13.0 Å². The van der Waals surface area contributed by atoms with E-state index < -0.39 is 0 Å². The summed E-state index contributed by atoms with van der Waals surface area (Å²) in [6.07, 6.45) is 2.08. The highest BCUT2D eigenvalue weighted by atomic mass is 35.5. The van der Waals surface area contributed by atoms with Gasteiger partial charge in [0.05, 0.1) is 5.69 Å². The molecule has 0 aromatic carbocycles. The lowest BCUT2D eigenvalue weighted by Crippen LogP contribution is -2.26. The minimum Gasteiger partial charge on any atom is -0.316 e. The van der Waals surface area contributed by atoms with Crippen LogP contribution in [0, 0.1) is 0 Å². The molecule has 1 saturated heterocycles. The van der Waals surface area contributed by atoms with Gasteiger partial charge in [0.2, 0.25) is 0 Å². The van der Waals surface area contributed by atoms with Crippen molar-refractivity contribution in [2.45, 2.75) is 25.3 Å². The molecule has 0 amide bonds. The SMILES string of the molecule is Clc1nc(C2CCNC2)nc2c1CNCC2. The molecule has 2 aliphatic heterocycles. The zero-order chi connectivity index (χ0) is 11.0. The first-order valence-electron chi connectivity index (χ1n) is 5.81. The van der Waals surface area contributed by atoms with Gasteiger partial charge in [0.1, 0.15) is 11.0 Å². The average Bonchev–Trinajstić information content (AvgIpc) is 2.82. The van der Waals surface area contributed by atoms with Crippen LogP contribution in [0.1, 0.15) is 29.4 Å². The first-order valence-corrected chi connectivity index (χ1v) is 6.19. The van der Waals surface area contributed by atoms with E-state index in [0.29, 0.717) is 11.1 Å². The maximum absolute atomic E-state index is 6.21. The molecule has 1 fully saturated rings. The molecule has 2 N–H and O–H groups in total. The second kappa shape index (κ2) is 4.28. The molecule has 3 rings (SSSR count). The Balaban J connectivity index is 1.97. The summed E-state index contributed by atoms with van der Waals surface area (Å²) in [6, 6.07) is 0. The topological polar surface area (TPSA) is 49.8 Å². The second-order valence-corrected chi connectivity index (χ2v) is 4.77. The van der Waals surface area contributed by atoms with Gasteiger partial charge in [0.25, 0.3) is 0 Å². The third-order valence-corrected chi connectivity index (χ3v) is 3.64. The van der Waals surface area contributed by atoms with E-state index in [1.165, 1.54) is 0 Å². The fourth-order valence-corrected chi connectivity index (χ4v) is 2.64. The van der Waals surface area contributed by atoms with Gasteiger partial charge in [-0.1, -0.05) is 11.6 Å². The lowest BCUT2D eigenvalue weighted by molar-refractivity contribution is 0.607. The number of nitrogens with one attached hydrogen (secondary N) is 2. The van der Waals surface area contributed by atoms with Crippen LogP contribution in [0.15, 0.2) is 0 Å². The summed E-state index contributed by atoms with van der Waals surface area (Å²) >= 11 is 6.21. The number of fused-ring (bicyclic) bond motifs is 1.